The van der Waals surface area contributed by atoms with Crippen molar-refractivity contribution in [2.24, 2.45) is 0 Å². The largest absolute Gasteiger partial charge is 0.481 e. The maximum Gasteiger partial charge on any atom is 0.308 e. The average Bonchev–Trinajstić information content (AvgIpc) is 2.36. The molecule has 0 aliphatic heterocycles. The molecular formula is C13H12ClN3O3. The van der Waals surface area contributed by atoms with E-state index in [1.54, 1.807) is 12.1 Å². The Morgan fingerprint density at radius 1 is 1.35 bits per heavy atom. The summed E-state index contributed by atoms with van der Waals surface area (Å²) in [6.07, 6.45) is -0.0701. The Labute approximate surface area is 119 Å². The van der Waals surface area contributed by atoms with Gasteiger partial charge in [-0.25, -0.2) is 4.98 Å². The third-order valence-electron chi connectivity index (χ3n) is 2.71. The van der Waals surface area contributed by atoms with Crippen LogP contribution in [0.5, 0.6) is 0 Å². The Morgan fingerprint density at radius 3 is 2.55 bits per heavy atom. The summed E-state index contributed by atoms with van der Waals surface area (Å²) in [4.78, 5) is 29.0. The molecule has 0 saturated carbocycles. The van der Waals surface area contributed by atoms with Crippen LogP contribution in [0.1, 0.15) is 17.0 Å². The number of carbonyl (C=O) groups is 1. The van der Waals surface area contributed by atoms with Crippen LogP contribution in [0.2, 0.25) is 5.02 Å². The van der Waals surface area contributed by atoms with Gasteiger partial charge in [0.15, 0.2) is 0 Å². The number of aromatic amines is 1. The van der Waals surface area contributed by atoms with E-state index in [2.05, 4.69) is 9.97 Å². The zero-order chi connectivity index (χ0) is 14.7. The van der Waals surface area contributed by atoms with E-state index in [-0.39, 0.29) is 11.4 Å². The highest BCUT2D eigenvalue weighted by Crippen LogP contribution is 2.12. The Morgan fingerprint density at radius 2 is 2.00 bits per heavy atom. The molecule has 4 N–H and O–H groups in total. The molecule has 1 aromatic carbocycles. The van der Waals surface area contributed by atoms with Crippen LogP contribution in [-0.2, 0) is 17.6 Å². The summed E-state index contributed by atoms with van der Waals surface area (Å²) in [6.45, 7) is 0. The van der Waals surface area contributed by atoms with Crippen molar-refractivity contribution >= 4 is 23.4 Å². The quantitative estimate of drug-likeness (QED) is 0.785. The monoisotopic (exact) mass is 293 g/mol. The summed E-state index contributed by atoms with van der Waals surface area (Å²) >= 11 is 5.79. The number of hydrogen-bond acceptors (Lipinski definition) is 4. The lowest BCUT2D eigenvalue weighted by atomic mass is 10.1. The number of benzene rings is 1. The van der Waals surface area contributed by atoms with E-state index in [9.17, 15) is 9.59 Å². The fourth-order valence-electron chi connectivity index (χ4n) is 1.77. The number of nitrogens with one attached hydrogen (secondary N) is 1. The van der Waals surface area contributed by atoms with Crippen molar-refractivity contribution in [1.82, 2.24) is 9.97 Å². The molecule has 0 unspecified atom stereocenters. The first-order valence-corrected chi connectivity index (χ1v) is 6.17. The van der Waals surface area contributed by atoms with Crippen LogP contribution < -0.4 is 11.3 Å². The van der Waals surface area contributed by atoms with E-state index in [4.69, 9.17) is 22.4 Å². The first kappa shape index (κ1) is 14.1. The third kappa shape index (κ3) is 3.36. The predicted octanol–water partition coefficient (Wildman–Crippen LogP) is 1.22. The number of aliphatic carboxylic acids is 1. The molecule has 20 heavy (non-hydrogen) atoms. The van der Waals surface area contributed by atoms with E-state index >= 15 is 0 Å². The van der Waals surface area contributed by atoms with Crippen molar-refractivity contribution in [3.63, 3.8) is 0 Å². The Bertz CT molecular complexity index is 695. The summed E-state index contributed by atoms with van der Waals surface area (Å²) in [5.74, 6) is -0.807. The number of H-pyrrole nitrogens is 1. The van der Waals surface area contributed by atoms with E-state index in [0.29, 0.717) is 17.3 Å². The van der Waals surface area contributed by atoms with Crippen LogP contribution in [-0.4, -0.2) is 21.0 Å². The SMILES string of the molecule is Nc1nc(Cc2ccc(Cl)cc2)[nH]c(=O)c1CC(=O)O. The summed E-state index contributed by atoms with van der Waals surface area (Å²) in [6, 6.07) is 7.08. The van der Waals surface area contributed by atoms with E-state index in [0.717, 1.165) is 5.56 Å². The Kier molecular flexibility index (Phi) is 4.05. The number of halogens is 1. The molecule has 0 aliphatic carbocycles. The fraction of sp³-hybridized carbons (Fsp3) is 0.154. The lowest BCUT2D eigenvalue weighted by Crippen LogP contribution is -2.22. The lowest BCUT2D eigenvalue weighted by molar-refractivity contribution is -0.136. The number of nitrogen functional groups attached to an aromatic ring is 1. The highest BCUT2D eigenvalue weighted by molar-refractivity contribution is 6.30. The summed E-state index contributed by atoms with van der Waals surface area (Å²) in [5, 5.41) is 9.31. The molecule has 104 valence electrons. The highest BCUT2D eigenvalue weighted by atomic mass is 35.5. The summed E-state index contributed by atoms with van der Waals surface area (Å²) < 4.78 is 0. The molecular weight excluding hydrogens is 282 g/mol. The van der Waals surface area contributed by atoms with Gasteiger partial charge in [-0.2, -0.15) is 0 Å². The van der Waals surface area contributed by atoms with Gasteiger partial charge >= 0.3 is 5.97 Å². The lowest BCUT2D eigenvalue weighted by Gasteiger charge is -2.06. The maximum atomic E-state index is 11.8. The second-order valence-corrected chi connectivity index (χ2v) is 4.69. The molecule has 7 heteroatoms. The predicted molar refractivity (Wildman–Crippen MR) is 74.9 cm³/mol. The number of carboxylic acids is 1. The van der Waals surface area contributed by atoms with Crippen molar-refractivity contribution in [1.29, 1.82) is 0 Å². The Hall–Kier alpha value is -2.34. The van der Waals surface area contributed by atoms with Crippen molar-refractivity contribution in [2.75, 3.05) is 5.73 Å². The van der Waals surface area contributed by atoms with Gasteiger partial charge in [-0.15, -0.1) is 0 Å². The number of anilines is 1. The molecule has 0 spiro atoms. The number of nitrogens with zero attached hydrogens (tertiary/aromatic N) is 1. The molecule has 0 aliphatic rings. The minimum Gasteiger partial charge on any atom is -0.481 e. The van der Waals surface area contributed by atoms with Gasteiger partial charge < -0.3 is 15.8 Å². The fourth-order valence-corrected chi connectivity index (χ4v) is 1.89. The van der Waals surface area contributed by atoms with Gasteiger partial charge in [-0.1, -0.05) is 23.7 Å². The molecule has 6 nitrogen and oxygen atoms in total. The number of carboxylic acid groups (broad SMARTS) is 1. The van der Waals surface area contributed by atoms with Gasteiger partial charge in [0.25, 0.3) is 5.56 Å². The van der Waals surface area contributed by atoms with Crippen LogP contribution in [0.25, 0.3) is 0 Å². The van der Waals surface area contributed by atoms with Crippen molar-refractivity contribution in [3.05, 3.63) is 56.6 Å². The minimum atomic E-state index is -1.13. The number of nitrogens with two attached hydrogens (primary N) is 1. The van der Waals surface area contributed by atoms with E-state index in [1.807, 2.05) is 12.1 Å². The van der Waals surface area contributed by atoms with Gasteiger partial charge in [0.05, 0.1) is 12.0 Å². The number of rotatable bonds is 4. The summed E-state index contributed by atoms with van der Waals surface area (Å²) in [5.41, 5.74) is 5.98. The van der Waals surface area contributed by atoms with Crippen LogP contribution in [0.15, 0.2) is 29.1 Å². The van der Waals surface area contributed by atoms with Gasteiger partial charge in [0.2, 0.25) is 0 Å². The number of hydrogen-bond donors (Lipinski definition) is 3. The van der Waals surface area contributed by atoms with Crippen LogP contribution >= 0.6 is 11.6 Å². The molecule has 2 aromatic rings. The first-order valence-electron chi connectivity index (χ1n) is 5.79. The molecule has 0 bridgehead atoms. The van der Waals surface area contributed by atoms with Crippen LogP contribution in [0.4, 0.5) is 5.82 Å². The first-order chi connectivity index (χ1) is 9.45. The molecule has 0 amide bonds. The molecule has 0 radical (unpaired) electrons. The van der Waals surface area contributed by atoms with E-state index < -0.39 is 17.9 Å². The molecule has 1 aromatic heterocycles. The molecule has 0 atom stereocenters. The standard InChI is InChI=1S/C13H12ClN3O3/c14-8-3-1-7(2-4-8)5-10-16-12(15)9(6-11(18)19)13(20)17-10/h1-4H,5-6H2,(H,18,19)(H3,15,16,17,20). The van der Waals surface area contributed by atoms with Crippen molar-refractivity contribution in [3.8, 4) is 0 Å². The summed E-state index contributed by atoms with van der Waals surface area (Å²) in [7, 11) is 0. The normalized spacial score (nSPS) is 10.4. The molecule has 2 rings (SSSR count). The van der Waals surface area contributed by atoms with Crippen LogP contribution in [0, 0.1) is 0 Å². The highest BCUT2D eigenvalue weighted by Gasteiger charge is 2.12. The third-order valence-corrected chi connectivity index (χ3v) is 2.96. The second-order valence-electron chi connectivity index (χ2n) is 4.25. The van der Waals surface area contributed by atoms with Crippen LogP contribution in [0.3, 0.4) is 0 Å². The van der Waals surface area contributed by atoms with Gasteiger partial charge in [0, 0.05) is 11.4 Å². The molecule has 0 saturated heterocycles. The van der Waals surface area contributed by atoms with Crippen molar-refractivity contribution in [2.45, 2.75) is 12.8 Å². The van der Waals surface area contributed by atoms with Crippen molar-refractivity contribution < 1.29 is 9.90 Å². The smallest absolute Gasteiger partial charge is 0.308 e. The zero-order valence-corrected chi connectivity index (χ0v) is 11.1. The van der Waals surface area contributed by atoms with E-state index in [1.165, 1.54) is 0 Å². The molecule has 0 fully saturated rings. The average molecular weight is 294 g/mol. The van der Waals surface area contributed by atoms with Gasteiger partial charge in [-0.3, -0.25) is 9.59 Å². The van der Waals surface area contributed by atoms with Gasteiger partial charge in [0.1, 0.15) is 11.6 Å². The Balaban J connectivity index is 2.28. The maximum absolute atomic E-state index is 11.8. The minimum absolute atomic E-state index is 0.0302. The molecule has 1 heterocycles. The topological polar surface area (TPSA) is 109 Å². The zero-order valence-electron chi connectivity index (χ0n) is 10.4. The second kappa shape index (κ2) is 5.75. The van der Waals surface area contributed by atoms with Gasteiger partial charge in [-0.05, 0) is 17.7 Å². The number of aromatic nitrogens is 2.